The standard InChI is InChI=1S/C17H9Cl2F4N3O/c18-9-1-4-11(5-2-9)26-15(17(21,22)23)12(8-24-26)16(27)25-14-6-3-10(20)7-13(14)19/h1-8H,(H,25,27). The van der Waals surface area contributed by atoms with Crippen molar-refractivity contribution in [1.82, 2.24) is 9.78 Å². The number of carbonyl (C=O) groups excluding carboxylic acids is 1. The van der Waals surface area contributed by atoms with Crippen molar-refractivity contribution < 1.29 is 22.4 Å². The van der Waals surface area contributed by atoms with E-state index in [0.717, 1.165) is 24.4 Å². The number of amides is 1. The summed E-state index contributed by atoms with van der Waals surface area (Å²) in [6.45, 7) is 0. The number of halogens is 6. The van der Waals surface area contributed by atoms with Crippen LogP contribution in [0, 0.1) is 5.82 Å². The van der Waals surface area contributed by atoms with Gasteiger partial charge in [-0.2, -0.15) is 18.3 Å². The van der Waals surface area contributed by atoms with E-state index in [1.165, 1.54) is 24.3 Å². The third-order valence-electron chi connectivity index (χ3n) is 3.53. The number of nitrogens with one attached hydrogen (secondary N) is 1. The first-order valence-electron chi connectivity index (χ1n) is 7.34. The molecule has 0 saturated carbocycles. The fraction of sp³-hybridized carbons (Fsp3) is 0.0588. The third-order valence-corrected chi connectivity index (χ3v) is 4.10. The summed E-state index contributed by atoms with van der Waals surface area (Å²) < 4.78 is 54.5. The van der Waals surface area contributed by atoms with Crippen molar-refractivity contribution in [3.8, 4) is 5.69 Å². The van der Waals surface area contributed by atoms with Crippen LogP contribution in [0.1, 0.15) is 16.1 Å². The summed E-state index contributed by atoms with van der Waals surface area (Å²) in [5.74, 6) is -1.74. The van der Waals surface area contributed by atoms with Gasteiger partial charge in [0.2, 0.25) is 0 Å². The molecule has 1 heterocycles. The highest BCUT2D eigenvalue weighted by molar-refractivity contribution is 6.34. The molecule has 4 nitrogen and oxygen atoms in total. The highest BCUT2D eigenvalue weighted by Crippen LogP contribution is 2.34. The monoisotopic (exact) mass is 417 g/mol. The van der Waals surface area contributed by atoms with Crippen molar-refractivity contribution in [2.75, 3.05) is 5.32 Å². The van der Waals surface area contributed by atoms with Gasteiger partial charge in [-0.05, 0) is 42.5 Å². The Morgan fingerprint density at radius 3 is 2.33 bits per heavy atom. The molecule has 0 radical (unpaired) electrons. The number of alkyl halides is 3. The SMILES string of the molecule is O=C(Nc1ccc(F)cc1Cl)c1cnn(-c2ccc(Cl)cc2)c1C(F)(F)F. The minimum atomic E-state index is -4.87. The second kappa shape index (κ2) is 7.21. The summed E-state index contributed by atoms with van der Waals surface area (Å²) in [6, 6.07) is 8.56. The molecule has 10 heteroatoms. The minimum Gasteiger partial charge on any atom is -0.321 e. The molecule has 3 rings (SSSR count). The molecule has 0 bridgehead atoms. The van der Waals surface area contributed by atoms with Gasteiger partial charge in [-0.3, -0.25) is 4.79 Å². The second-order valence-corrected chi connectivity index (χ2v) is 6.21. The summed E-state index contributed by atoms with van der Waals surface area (Å²) >= 11 is 11.5. The zero-order valence-electron chi connectivity index (χ0n) is 13.2. The van der Waals surface area contributed by atoms with Gasteiger partial charge in [0.25, 0.3) is 5.91 Å². The highest BCUT2D eigenvalue weighted by Gasteiger charge is 2.40. The van der Waals surface area contributed by atoms with E-state index >= 15 is 0 Å². The minimum absolute atomic E-state index is 0.0320. The van der Waals surface area contributed by atoms with Gasteiger partial charge in [0.15, 0.2) is 5.69 Å². The van der Waals surface area contributed by atoms with Crippen molar-refractivity contribution in [3.05, 3.63) is 75.8 Å². The van der Waals surface area contributed by atoms with Crippen LogP contribution in [0.15, 0.2) is 48.7 Å². The number of hydrogen-bond donors (Lipinski definition) is 1. The van der Waals surface area contributed by atoms with E-state index < -0.39 is 29.2 Å². The largest absolute Gasteiger partial charge is 0.434 e. The molecule has 1 N–H and O–H groups in total. The van der Waals surface area contributed by atoms with E-state index in [4.69, 9.17) is 23.2 Å². The summed E-state index contributed by atoms with van der Waals surface area (Å²) in [7, 11) is 0. The van der Waals surface area contributed by atoms with Crippen molar-refractivity contribution in [1.29, 1.82) is 0 Å². The number of aromatic nitrogens is 2. The lowest BCUT2D eigenvalue weighted by molar-refractivity contribution is -0.143. The number of nitrogens with zero attached hydrogens (tertiary/aromatic N) is 2. The molecule has 140 valence electrons. The maximum atomic E-state index is 13.6. The van der Waals surface area contributed by atoms with Gasteiger partial charge in [0.1, 0.15) is 5.82 Å². The second-order valence-electron chi connectivity index (χ2n) is 5.37. The zero-order valence-corrected chi connectivity index (χ0v) is 14.7. The maximum Gasteiger partial charge on any atom is 0.434 e. The van der Waals surface area contributed by atoms with Crippen LogP contribution < -0.4 is 5.32 Å². The van der Waals surface area contributed by atoms with Crippen LogP contribution in [0.2, 0.25) is 10.0 Å². The summed E-state index contributed by atoms with van der Waals surface area (Å²) in [5, 5.41) is 6.10. The number of carbonyl (C=O) groups is 1. The lowest BCUT2D eigenvalue weighted by Crippen LogP contribution is -2.20. The number of benzene rings is 2. The van der Waals surface area contributed by atoms with Crippen molar-refractivity contribution in [3.63, 3.8) is 0 Å². The van der Waals surface area contributed by atoms with E-state index in [0.29, 0.717) is 9.70 Å². The number of hydrogen-bond acceptors (Lipinski definition) is 2. The normalized spacial score (nSPS) is 11.5. The number of rotatable bonds is 3. The van der Waals surface area contributed by atoms with Crippen LogP contribution in [0.5, 0.6) is 0 Å². The average molecular weight is 418 g/mol. The average Bonchev–Trinajstić information content (AvgIpc) is 3.03. The van der Waals surface area contributed by atoms with Gasteiger partial charge in [-0.25, -0.2) is 9.07 Å². The Labute approximate surface area is 160 Å². The Morgan fingerprint density at radius 2 is 1.74 bits per heavy atom. The molecule has 0 aliphatic rings. The first-order chi connectivity index (χ1) is 12.7. The molecule has 1 amide bonds. The van der Waals surface area contributed by atoms with Gasteiger partial charge in [0, 0.05) is 5.02 Å². The van der Waals surface area contributed by atoms with E-state index in [1.54, 1.807) is 0 Å². The van der Waals surface area contributed by atoms with Gasteiger partial charge >= 0.3 is 6.18 Å². The Kier molecular flexibility index (Phi) is 5.12. The fourth-order valence-electron chi connectivity index (χ4n) is 2.35. The molecule has 0 spiro atoms. The highest BCUT2D eigenvalue weighted by atomic mass is 35.5. The summed E-state index contributed by atoms with van der Waals surface area (Å²) in [5.41, 5.74) is -1.93. The molecule has 0 unspecified atom stereocenters. The van der Waals surface area contributed by atoms with Gasteiger partial charge in [0.05, 0.1) is 28.2 Å². The van der Waals surface area contributed by atoms with E-state index in [9.17, 15) is 22.4 Å². The molecular formula is C17H9Cl2F4N3O. The lowest BCUT2D eigenvalue weighted by atomic mass is 10.2. The predicted octanol–water partition coefficient (Wildman–Crippen LogP) is 5.59. The van der Waals surface area contributed by atoms with Gasteiger partial charge in [-0.15, -0.1) is 0 Å². The van der Waals surface area contributed by atoms with Crippen LogP contribution in [-0.4, -0.2) is 15.7 Å². The van der Waals surface area contributed by atoms with Gasteiger partial charge < -0.3 is 5.32 Å². The van der Waals surface area contributed by atoms with Crippen LogP contribution in [0.3, 0.4) is 0 Å². The number of anilines is 1. The summed E-state index contributed by atoms with van der Waals surface area (Å²) in [4.78, 5) is 12.4. The van der Waals surface area contributed by atoms with Crippen LogP contribution in [-0.2, 0) is 6.18 Å². The first-order valence-corrected chi connectivity index (χ1v) is 8.10. The third kappa shape index (κ3) is 4.06. The molecule has 0 fully saturated rings. The van der Waals surface area contributed by atoms with Crippen LogP contribution >= 0.6 is 23.2 Å². The fourth-order valence-corrected chi connectivity index (χ4v) is 2.69. The molecule has 2 aromatic carbocycles. The van der Waals surface area contributed by atoms with E-state index in [-0.39, 0.29) is 16.4 Å². The lowest BCUT2D eigenvalue weighted by Gasteiger charge is -2.13. The first kappa shape index (κ1) is 19.2. The Balaban J connectivity index is 2.02. The Bertz CT molecular complexity index is 1000. The molecule has 0 atom stereocenters. The topological polar surface area (TPSA) is 46.9 Å². The van der Waals surface area contributed by atoms with Crippen molar-refractivity contribution >= 4 is 34.8 Å². The Morgan fingerprint density at radius 1 is 1.07 bits per heavy atom. The van der Waals surface area contributed by atoms with E-state index in [2.05, 4.69) is 10.4 Å². The quantitative estimate of drug-likeness (QED) is 0.564. The molecular weight excluding hydrogens is 409 g/mol. The smallest absolute Gasteiger partial charge is 0.321 e. The molecule has 1 aromatic heterocycles. The van der Waals surface area contributed by atoms with Gasteiger partial charge in [-0.1, -0.05) is 23.2 Å². The molecule has 27 heavy (non-hydrogen) atoms. The van der Waals surface area contributed by atoms with E-state index in [1.807, 2.05) is 0 Å². The van der Waals surface area contributed by atoms with Crippen molar-refractivity contribution in [2.45, 2.75) is 6.18 Å². The molecule has 0 aliphatic heterocycles. The van der Waals surface area contributed by atoms with Crippen LogP contribution in [0.4, 0.5) is 23.2 Å². The zero-order chi connectivity index (χ0) is 19.8. The summed E-state index contributed by atoms with van der Waals surface area (Å²) in [6.07, 6.45) is -4.07. The van der Waals surface area contributed by atoms with Crippen molar-refractivity contribution in [2.24, 2.45) is 0 Å². The van der Waals surface area contributed by atoms with Crippen LogP contribution in [0.25, 0.3) is 5.69 Å². The predicted molar refractivity (Wildman–Crippen MR) is 92.9 cm³/mol. The molecule has 0 aliphatic carbocycles. The Hall–Kier alpha value is -2.58. The maximum absolute atomic E-state index is 13.6. The molecule has 3 aromatic rings. The molecule has 0 saturated heterocycles.